The van der Waals surface area contributed by atoms with E-state index >= 15 is 0 Å². The van der Waals surface area contributed by atoms with E-state index in [1.807, 2.05) is 36.9 Å². The summed E-state index contributed by atoms with van der Waals surface area (Å²) in [5, 5.41) is 1.50. The Balaban J connectivity index is 1.63. The van der Waals surface area contributed by atoms with Gasteiger partial charge in [-0.2, -0.15) is 9.97 Å². The average molecular weight is 511 g/mol. The smallest absolute Gasteiger partial charge is 0.272 e. The number of ether oxygens (including phenoxy) is 3. The number of hydrogen-bond acceptors (Lipinski definition) is 8. The molecule has 0 saturated carbocycles. The molecular formula is C21H21ClF2N6O3S. The van der Waals surface area contributed by atoms with Gasteiger partial charge in [-0.25, -0.2) is 13.8 Å². The second kappa shape index (κ2) is 9.94. The van der Waals surface area contributed by atoms with Gasteiger partial charge in [-0.15, -0.1) is 0 Å². The van der Waals surface area contributed by atoms with Gasteiger partial charge >= 0.3 is 0 Å². The SMILES string of the molecule is COc1nc(NSc2c[nH]c3c(-c4ncn(C)c4C)c(Cl)ccc23)nc(OC)c1OCC(F)F. The molecule has 3 heterocycles. The van der Waals surface area contributed by atoms with Crippen LogP contribution in [-0.4, -0.2) is 51.8 Å². The van der Waals surface area contributed by atoms with E-state index in [9.17, 15) is 8.78 Å². The maximum absolute atomic E-state index is 12.6. The number of alkyl halides is 2. The lowest BCUT2D eigenvalue weighted by atomic mass is 10.1. The first-order valence-electron chi connectivity index (χ1n) is 9.95. The Morgan fingerprint density at radius 1 is 1.21 bits per heavy atom. The first-order chi connectivity index (χ1) is 16.3. The van der Waals surface area contributed by atoms with Crippen molar-refractivity contribution in [1.29, 1.82) is 0 Å². The molecule has 0 unspecified atom stereocenters. The van der Waals surface area contributed by atoms with Gasteiger partial charge in [0.05, 0.1) is 41.7 Å². The summed E-state index contributed by atoms with van der Waals surface area (Å²) >= 11 is 7.77. The molecule has 180 valence electrons. The van der Waals surface area contributed by atoms with Crippen LogP contribution < -0.4 is 18.9 Å². The minimum absolute atomic E-state index is 0.0331. The lowest BCUT2D eigenvalue weighted by Gasteiger charge is -2.14. The Morgan fingerprint density at radius 3 is 2.50 bits per heavy atom. The monoisotopic (exact) mass is 510 g/mol. The molecule has 3 aromatic heterocycles. The first-order valence-corrected chi connectivity index (χ1v) is 11.1. The van der Waals surface area contributed by atoms with Crippen LogP contribution in [0.5, 0.6) is 17.5 Å². The van der Waals surface area contributed by atoms with E-state index in [0.717, 1.165) is 32.7 Å². The van der Waals surface area contributed by atoms with Crippen LogP contribution in [0.3, 0.4) is 0 Å². The third-order valence-corrected chi connectivity index (χ3v) is 6.19. The number of nitrogens with one attached hydrogen (secondary N) is 2. The van der Waals surface area contributed by atoms with Crippen LogP contribution in [0.2, 0.25) is 5.02 Å². The number of fused-ring (bicyclic) bond motifs is 1. The third kappa shape index (κ3) is 4.55. The highest BCUT2D eigenvalue weighted by Gasteiger charge is 2.21. The van der Waals surface area contributed by atoms with Gasteiger partial charge in [-0.05, 0) is 24.9 Å². The highest BCUT2D eigenvalue weighted by Crippen LogP contribution is 2.40. The number of H-pyrrole nitrogens is 1. The number of aryl methyl sites for hydroxylation is 1. The van der Waals surface area contributed by atoms with Crippen LogP contribution in [0.15, 0.2) is 29.6 Å². The quantitative estimate of drug-likeness (QED) is 0.300. The maximum Gasteiger partial charge on any atom is 0.272 e. The summed E-state index contributed by atoms with van der Waals surface area (Å²) < 4.78 is 45.5. The van der Waals surface area contributed by atoms with Gasteiger partial charge in [-0.3, -0.25) is 4.72 Å². The molecular weight excluding hydrogens is 490 g/mol. The Kier molecular flexibility index (Phi) is 6.98. The Morgan fingerprint density at radius 2 is 1.91 bits per heavy atom. The van der Waals surface area contributed by atoms with Gasteiger partial charge in [0.15, 0.2) is 0 Å². The molecule has 0 amide bonds. The van der Waals surface area contributed by atoms with Gasteiger partial charge in [0.1, 0.15) is 6.61 Å². The molecule has 0 bridgehead atoms. The molecule has 34 heavy (non-hydrogen) atoms. The fraction of sp³-hybridized carbons (Fsp3) is 0.286. The van der Waals surface area contributed by atoms with Crippen molar-refractivity contribution in [3.8, 4) is 28.8 Å². The average Bonchev–Trinajstić information content (AvgIpc) is 3.38. The molecule has 0 spiro atoms. The lowest BCUT2D eigenvalue weighted by molar-refractivity contribution is 0.0781. The molecule has 9 nitrogen and oxygen atoms in total. The largest absolute Gasteiger partial charge is 0.478 e. The van der Waals surface area contributed by atoms with E-state index < -0.39 is 13.0 Å². The van der Waals surface area contributed by atoms with E-state index in [-0.39, 0.29) is 23.5 Å². The number of aromatic nitrogens is 5. The molecule has 0 atom stereocenters. The van der Waals surface area contributed by atoms with Crippen molar-refractivity contribution in [1.82, 2.24) is 24.5 Å². The van der Waals surface area contributed by atoms with Crippen molar-refractivity contribution in [2.24, 2.45) is 7.05 Å². The molecule has 4 aromatic rings. The molecule has 0 saturated heterocycles. The van der Waals surface area contributed by atoms with Crippen LogP contribution in [-0.2, 0) is 7.05 Å². The van der Waals surface area contributed by atoms with Crippen molar-refractivity contribution in [3.63, 3.8) is 0 Å². The van der Waals surface area contributed by atoms with Gasteiger partial charge in [0.25, 0.3) is 18.2 Å². The van der Waals surface area contributed by atoms with Crippen molar-refractivity contribution in [2.45, 2.75) is 18.2 Å². The number of halogens is 3. The predicted molar refractivity (Wildman–Crippen MR) is 126 cm³/mol. The highest BCUT2D eigenvalue weighted by molar-refractivity contribution is 8.00. The van der Waals surface area contributed by atoms with Crippen molar-refractivity contribution >= 4 is 40.4 Å². The number of anilines is 1. The molecule has 0 aliphatic heterocycles. The molecule has 4 rings (SSSR count). The van der Waals surface area contributed by atoms with Gasteiger partial charge in [0, 0.05) is 29.9 Å². The van der Waals surface area contributed by atoms with E-state index in [2.05, 4.69) is 24.7 Å². The Hall–Kier alpha value is -3.25. The van der Waals surface area contributed by atoms with Crippen molar-refractivity contribution in [3.05, 3.63) is 35.4 Å². The second-order valence-corrected chi connectivity index (χ2v) is 8.34. The van der Waals surface area contributed by atoms with E-state index in [1.54, 1.807) is 6.33 Å². The Bertz CT molecular complexity index is 1300. The standard InChI is InChI=1S/C21H21ClF2N6O3S/c1-10-16(26-9-30(10)2)15-12(22)6-5-11-13(7-25-17(11)15)34-29-21-27-19(31-3)18(20(28-21)32-4)33-8-14(23)24/h5-7,9,14,25H,8H2,1-4H3,(H,27,28,29). The predicted octanol–water partition coefficient (Wildman–Crippen LogP) is 5.10. The van der Waals surface area contributed by atoms with Crippen LogP contribution >= 0.6 is 23.5 Å². The topological polar surface area (TPSA) is 99.1 Å². The summed E-state index contributed by atoms with van der Waals surface area (Å²) in [5.41, 5.74) is 3.43. The van der Waals surface area contributed by atoms with E-state index in [1.165, 1.54) is 26.2 Å². The van der Waals surface area contributed by atoms with Crippen molar-refractivity contribution < 1.29 is 23.0 Å². The summed E-state index contributed by atoms with van der Waals surface area (Å²) in [5.74, 6) is -0.0198. The van der Waals surface area contributed by atoms with Crippen molar-refractivity contribution in [2.75, 3.05) is 25.5 Å². The van der Waals surface area contributed by atoms with E-state index in [4.69, 9.17) is 25.8 Å². The zero-order valence-corrected chi connectivity index (χ0v) is 20.2. The number of imidazole rings is 1. The summed E-state index contributed by atoms with van der Waals surface area (Å²) in [4.78, 5) is 17.0. The zero-order valence-electron chi connectivity index (χ0n) is 18.6. The normalized spacial score (nSPS) is 11.3. The van der Waals surface area contributed by atoms with Crippen LogP contribution in [0, 0.1) is 6.92 Å². The fourth-order valence-corrected chi connectivity index (χ4v) is 4.24. The number of nitrogens with zero attached hydrogens (tertiary/aromatic N) is 4. The molecule has 0 radical (unpaired) electrons. The molecule has 2 N–H and O–H groups in total. The minimum atomic E-state index is -2.67. The third-order valence-electron chi connectivity index (χ3n) is 5.03. The summed E-state index contributed by atoms with van der Waals surface area (Å²) in [6.07, 6.45) is 0.903. The number of rotatable bonds is 9. The number of aromatic amines is 1. The van der Waals surface area contributed by atoms with E-state index in [0.29, 0.717) is 5.02 Å². The minimum Gasteiger partial charge on any atom is -0.478 e. The molecule has 0 aliphatic rings. The van der Waals surface area contributed by atoms with Crippen LogP contribution in [0.1, 0.15) is 5.69 Å². The number of benzene rings is 1. The summed E-state index contributed by atoms with van der Waals surface area (Å²) in [7, 11) is 4.61. The summed E-state index contributed by atoms with van der Waals surface area (Å²) in [6, 6.07) is 3.73. The number of methoxy groups -OCH3 is 2. The molecule has 13 heteroatoms. The van der Waals surface area contributed by atoms with Gasteiger partial charge in [-0.1, -0.05) is 17.7 Å². The molecule has 0 aliphatic carbocycles. The fourth-order valence-electron chi connectivity index (χ4n) is 3.30. The maximum atomic E-state index is 12.6. The highest BCUT2D eigenvalue weighted by atomic mass is 35.5. The van der Waals surface area contributed by atoms with Crippen LogP contribution in [0.4, 0.5) is 14.7 Å². The van der Waals surface area contributed by atoms with Gasteiger partial charge in [0.2, 0.25) is 11.7 Å². The second-order valence-electron chi connectivity index (χ2n) is 7.09. The van der Waals surface area contributed by atoms with Gasteiger partial charge < -0.3 is 23.8 Å². The number of hydrogen-bond donors (Lipinski definition) is 2. The summed E-state index contributed by atoms with van der Waals surface area (Å²) in [6.45, 7) is 1.14. The lowest BCUT2D eigenvalue weighted by Crippen LogP contribution is -2.11. The molecule has 1 aromatic carbocycles. The Labute approximate surface area is 202 Å². The zero-order chi connectivity index (χ0) is 24.4. The molecule has 0 fully saturated rings. The van der Waals surface area contributed by atoms with Crippen LogP contribution in [0.25, 0.3) is 22.2 Å². The first kappa shape index (κ1) is 23.9.